The van der Waals surface area contributed by atoms with E-state index in [4.69, 9.17) is 0 Å². The summed E-state index contributed by atoms with van der Waals surface area (Å²) in [6, 6.07) is 0. The first-order valence-corrected chi connectivity index (χ1v) is 8.00. The zero-order chi connectivity index (χ0) is 15.9. The van der Waals surface area contributed by atoms with Gasteiger partial charge in [0.2, 0.25) is 11.8 Å². The molecule has 0 aromatic rings. The summed E-state index contributed by atoms with van der Waals surface area (Å²) in [4.78, 5) is 23.4. The summed E-state index contributed by atoms with van der Waals surface area (Å²) in [6.45, 7) is 6.76. The van der Waals surface area contributed by atoms with E-state index in [0.717, 1.165) is 12.8 Å². The Hall–Kier alpha value is -1.10. The molecule has 0 spiro atoms. The van der Waals surface area contributed by atoms with Crippen LogP contribution in [0, 0.1) is 17.3 Å². The van der Waals surface area contributed by atoms with Crippen LogP contribution in [0.15, 0.2) is 0 Å². The van der Waals surface area contributed by atoms with Crippen molar-refractivity contribution >= 4 is 11.8 Å². The Morgan fingerprint density at radius 2 is 1.71 bits per heavy atom. The molecule has 3 N–H and O–H groups in total. The number of rotatable bonds is 6. The molecular weight excluding hydrogens is 268 g/mol. The van der Waals surface area contributed by atoms with Crippen molar-refractivity contribution in [2.75, 3.05) is 19.7 Å². The van der Waals surface area contributed by atoms with Gasteiger partial charge in [0.1, 0.15) is 0 Å². The highest BCUT2D eigenvalue weighted by atomic mass is 16.3. The van der Waals surface area contributed by atoms with Crippen LogP contribution >= 0.6 is 0 Å². The number of carbonyl (C=O) groups excluding carboxylic acids is 2. The van der Waals surface area contributed by atoms with E-state index in [1.807, 2.05) is 20.8 Å². The van der Waals surface area contributed by atoms with Crippen LogP contribution in [-0.4, -0.2) is 36.6 Å². The summed E-state index contributed by atoms with van der Waals surface area (Å²) >= 11 is 0. The molecule has 0 aromatic heterocycles. The van der Waals surface area contributed by atoms with E-state index in [2.05, 4.69) is 10.6 Å². The average Bonchev–Trinajstić information content (AvgIpc) is 2.44. The van der Waals surface area contributed by atoms with Gasteiger partial charge in [-0.1, -0.05) is 33.6 Å². The predicted molar refractivity (Wildman–Crippen MR) is 82.6 cm³/mol. The van der Waals surface area contributed by atoms with Crippen LogP contribution in [0.25, 0.3) is 0 Å². The van der Waals surface area contributed by atoms with Crippen molar-refractivity contribution in [3.8, 4) is 0 Å². The molecule has 0 radical (unpaired) electrons. The summed E-state index contributed by atoms with van der Waals surface area (Å²) in [7, 11) is 0. The Labute approximate surface area is 127 Å². The van der Waals surface area contributed by atoms with Gasteiger partial charge >= 0.3 is 0 Å². The molecule has 0 bridgehead atoms. The standard InChI is InChI=1S/C16H30N2O3/c1-16(2,3)15(21)17-9-8-14(20)18-10-12-6-4-5-7-13(12)11-19/h12-13,19H,4-11H2,1-3H3,(H,17,21)(H,18,20). The van der Waals surface area contributed by atoms with E-state index in [1.54, 1.807) is 0 Å². The van der Waals surface area contributed by atoms with Gasteiger partial charge in [0, 0.05) is 31.5 Å². The number of aliphatic hydroxyl groups is 1. The third-order valence-corrected chi connectivity index (χ3v) is 4.18. The molecule has 0 saturated heterocycles. The van der Waals surface area contributed by atoms with Crippen LogP contribution in [0.3, 0.4) is 0 Å². The first-order valence-electron chi connectivity index (χ1n) is 8.00. The van der Waals surface area contributed by atoms with Crippen molar-refractivity contribution in [2.24, 2.45) is 17.3 Å². The number of hydrogen-bond donors (Lipinski definition) is 3. The van der Waals surface area contributed by atoms with Crippen LogP contribution in [0.5, 0.6) is 0 Å². The lowest BCUT2D eigenvalue weighted by Gasteiger charge is -2.30. The first kappa shape index (κ1) is 18.0. The van der Waals surface area contributed by atoms with E-state index in [1.165, 1.54) is 12.8 Å². The third-order valence-electron chi connectivity index (χ3n) is 4.18. The largest absolute Gasteiger partial charge is 0.396 e. The minimum atomic E-state index is -0.424. The van der Waals surface area contributed by atoms with Crippen LogP contribution in [0.2, 0.25) is 0 Å². The molecule has 1 aliphatic carbocycles. The van der Waals surface area contributed by atoms with Gasteiger partial charge in [-0.15, -0.1) is 0 Å². The summed E-state index contributed by atoms with van der Waals surface area (Å²) < 4.78 is 0. The quantitative estimate of drug-likeness (QED) is 0.694. The van der Waals surface area contributed by atoms with Crippen molar-refractivity contribution in [1.29, 1.82) is 0 Å². The molecule has 0 heterocycles. The average molecular weight is 298 g/mol. The van der Waals surface area contributed by atoms with Crippen LogP contribution in [-0.2, 0) is 9.59 Å². The number of carbonyl (C=O) groups is 2. The molecule has 21 heavy (non-hydrogen) atoms. The Kier molecular flexibility index (Phi) is 7.15. The number of nitrogens with one attached hydrogen (secondary N) is 2. The maximum atomic E-state index is 11.8. The second kappa shape index (κ2) is 8.37. The molecule has 5 heteroatoms. The van der Waals surface area contributed by atoms with Crippen LogP contribution < -0.4 is 10.6 Å². The number of amides is 2. The summed E-state index contributed by atoms with van der Waals surface area (Å²) in [5, 5.41) is 15.0. The highest BCUT2D eigenvalue weighted by molar-refractivity contribution is 5.82. The van der Waals surface area contributed by atoms with E-state index >= 15 is 0 Å². The second-order valence-corrected chi connectivity index (χ2v) is 7.05. The zero-order valence-corrected chi connectivity index (χ0v) is 13.6. The third kappa shape index (κ3) is 6.46. The molecule has 1 saturated carbocycles. The smallest absolute Gasteiger partial charge is 0.225 e. The fourth-order valence-corrected chi connectivity index (χ4v) is 2.68. The predicted octanol–water partition coefficient (Wildman–Crippen LogP) is 1.45. The molecular formula is C16H30N2O3. The second-order valence-electron chi connectivity index (χ2n) is 7.05. The fraction of sp³-hybridized carbons (Fsp3) is 0.875. The van der Waals surface area contributed by atoms with Crippen molar-refractivity contribution in [2.45, 2.75) is 52.9 Å². The highest BCUT2D eigenvalue weighted by Crippen LogP contribution is 2.29. The van der Waals surface area contributed by atoms with Crippen molar-refractivity contribution in [3.63, 3.8) is 0 Å². The van der Waals surface area contributed by atoms with Crippen molar-refractivity contribution in [3.05, 3.63) is 0 Å². The Morgan fingerprint density at radius 3 is 2.29 bits per heavy atom. The van der Waals surface area contributed by atoms with Crippen molar-refractivity contribution < 1.29 is 14.7 Å². The molecule has 0 aliphatic heterocycles. The Bertz CT molecular complexity index is 350. The van der Waals surface area contributed by atoms with Gasteiger partial charge in [0.05, 0.1) is 0 Å². The Balaban J connectivity index is 2.20. The molecule has 1 aliphatic rings. The van der Waals surface area contributed by atoms with Gasteiger partial charge in [-0.05, 0) is 24.7 Å². The van der Waals surface area contributed by atoms with E-state index < -0.39 is 5.41 Å². The van der Waals surface area contributed by atoms with Crippen LogP contribution in [0.1, 0.15) is 52.9 Å². The molecule has 2 atom stereocenters. The molecule has 122 valence electrons. The maximum absolute atomic E-state index is 11.8. The molecule has 2 amide bonds. The molecule has 1 fully saturated rings. The summed E-state index contributed by atoms with van der Waals surface area (Å²) in [6.07, 6.45) is 4.79. The lowest BCUT2D eigenvalue weighted by atomic mass is 9.79. The van der Waals surface area contributed by atoms with Gasteiger partial charge < -0.3 is 15.7 Å². The maximum Gasteiger partial charge on any atom is 0.225 e. The van der Waals surface area contributed by atoms with E-state index in [-0.39, 0.29) is 18.4 Å². The summed E-state index contributed by atoms with van der Waals surface area (Å²) in [5.41, 5.74) is -0.424. The van der Waals surface area contributed by atoms with Gasteiger partial charge in [0.25, 0.3) is 0 Å². The lowest BCUT2D eigenvalue weighted by Crippen LogP contribution is -2.39. The fourth-order valence-electron chi connectivity index (χ4n) is 2.68. The van der Waals surface area contributed by atoms with E-state index in [0.29, 0.717) is 31.3 Å². The lowest BCUT2D eigenvalue weighted by molar-refractivity contribution is -0.128. The Morgan fingerprint density at radius 1 is 1.10 bits per heavy atom. The molecule has 5 nitrogen and oxygen atoms in total. The minimum Gasteiger partial charge on any atom is -0.396 e. The SMILES string of the molecule is CC(C)(C)C(=O)NCCC(=O)NCC1CCCCC1CO. The topological polar surface area (TPSA) is 78.4 Å². The first-order chi connectivity index (χ1) is 9.84. The normalized spacial score (nSPS) is 22.7. The van der Waals surface area contributed by atoms with Crippen LogP contribution in [0.4, 0.5) is 0 Å². The van der Waals surface area contributed by atoms with Gasteiger partial charge in [-0.3, -0.25) is 9.59 Å². The van der Waals surface area contributed by atoms with Gasteiger partial charge in [-0.2, -0.15) is 0 Å². The highest BCUT2D eigenvalue weighted by Gasteiger charge is 2.25. The van der Waals surface area contributed by atoms with Crippen molar-refractivity contribution in [1.82, 2.24) is 10.6 Å². The van der Waals surface area contributed by atoms with Gasteiger partial charge in [-0.25, -0.2) is 0 Å². The summed E-state index contributed by atoms with van der Waals surface area (Å²) in [5.74, 6) is 0.630. The zero-order valence-electron chi connectivity index (χ0n) is 13.6. The van der Waals surface area contributed by atoms with Gasteiger partial charge in [0.15, 0.2) is 0 Å². The molecule has 1 rings (SSSR count). The van der Waals surface area contributed by atoms with E-state index in [9.17, 15) is 14.7 Å². The number of aliphatic hydroxyl groups excluding tert-OH is 1. The monoisotopic (exact) mass is 298 g/mol. The number of hydrogen-bond acceptors (Lipinski definition) is 3. The minimum absolute atomic E-state index is 0.0357. The molecule has 2 unspecified atom stereocenters. The molecule has 0 aromatic carbocycles.